The van der Waals surface area contributed by atoms with E-state index >= 15 is 0 Å². The van der Waals surface area contributed by atoms with Gasteiger partial charge in [-0.05, 0) is 104 Å². The monoisotopic (exact) mass is 471 g/mol. The van der Waals surface area contributed by atoms with Crippen molar-refractivity contribution in [1.29, 1.82) is 0 Å². The third kappa shape index (κ3) is 4.33. The van der Waals surface area contributed by atoms with E-state index in [0.29, 0.717) is 11.6 Å². The van der Waals surface area contributed by atoms with Crippen molar-refractivity contribution in [2.45, 2.75) is 47.5 Å². The Bertz CT molecular complexity index is 1330. The minimum atomic E-state index is -0.485. The number of carbonyl (C=O) groups is 2. The number of carbonyl (C=O) groups excluding carboxylic acids is 2. The molecule has 5 nitrogen and oxygen atoms in total. The van der Waals surface area contributed by atoms with Gasteiger partial charge in [0.15, 0.2) is 5.11 Å². The summed E-state index contributed by atoms with van der Waals surface area (Å²) >= 11 is 5.35. The zero-order valence-electron chi connectivity index (χ0n) is 20.4. The molecule has 6 heteroatoms. The van der Waals surface area contributed by atoms with Gasteiger partial charge in [-0.25, -0.2) is 0 Å². The molecule has 1 N–H and O–H groups in total. The first-order valence-electron chi connectivity index (χ1n) is 11.4. The lowest BCUT2D eigenvalue weighted by molar-refractivity contribution is -0.122. The fourth-order valence-corrected chi connectivity index (χ4v) is 4.75. The molecule has 34 heavy (non-hydrogen) atoms. The zero-order valence-corrected chi connectivity index (χ0v) is 21.2. The SMILES string of the molecule is Cc1cc(C)cc(N2C(=O)/C(=C/c3cc(C)n(-c4ccc(C(C)C)cc4)c3C)C(=O)NC2=S)c1. The minimum Gasteiger partial charge on any atom is -0.318 e. The Morgan fingerprint density at radius 1 is 0.882 bits per heavy atom. The van der Waals surface area contributed by atoms with Gasteiger partial charge in [0, 0.05) is 17.1 Å². The van der Waals surface area contributed by atoms with Crippen molar-refractivity contribution < 1.29 is 9.59 Å². The number of hydrogen-bond donors (Lipinski definition) is 1. The zero-order chi connectivity index (χ0) is 24.7. The van der Waals surface area contributed by atoms with E-state index < -0.39 is 11.8 Å². The summed E-state index contributed by atoms with van der Waals surface area (Å²) in [6, 6.07) is 16.3. The summed E-state index contributed by atoms with van der Waals surface area (Å²) in [5, 5.41) is 2.77. The molecule has 0 unspecified atom stereocenters. The van der Waals surface area contributed by atoms with Crippen LogP contribution >= 0.6 is 12.2 Å². The van der Waals surface area contributed by atoms with Gasteiger partial charge in [-0.3, -0.25) is 19.8 Å². The second-order valence-electron chi connectivity index (χ2n) is 9.21. The van der Waals surface area contributed by atoms with Crippen LogP contribution in [0.1, 0.15) is 53.4 Å². The van der Waals surface area contributed by atoms with E-state index in [1.54, 1.807) is 6.08 Å². The van der Waals surface area contributed by atoms with Gasteiger partial charge in [-0.2, -0.15) is 0 Å². The lowest BCUT2D eigenvalue weighted by atomic mass is 10.0. The van der Waals surface area contributed by atoms with Crippen LogP contribution in [0.5, 0.6) is 0 Å². The highest BCUT2D eigenvalue weighted by molar-refractivity contribution is 7.80. The largest absolute Gasteiger partial charge is 0.318 e. The number of amides is 2. The number of nitrogens with one attached hydrogen (secondary N) is 1. The van der Waals surface area contributed by atoms with Gasteiger partial charge < -0.3 is 4.57 Å². The second-order valence-corrected chi connectivity index (χ2v) is 9.60. The molecule has 0 spiro atoms. The molecule has 2 amide bonds. The lowest BCUT2D eigenvalue weighted by Gasteiger charge is -2.29. The predicted molar refractivity (Wildman–Crippen MR) is 141 cm³/mol. The molecule has 1 aromatic heterocycles. The summed E-state index contributed by atoms with van der Waals surface area (Å²) in [6.07, 6.45) is 1.66. The first-order chi connectivity index (χ1) is 16.1. The molecule has 0 radical (unpaired) electrons. The standard InChI is InChI=1S/C28H29N3O2S/c1-16(2)21-7-9-23(10-8-21)30-19(5)14-22(20(30)6)15-25-26(32)29-28(34)31(27(25)33)24-12-17(3)11-18(4)13-24/h7-16H,1-6H3,(H,29,32,34)/b25-15+. The Morgan fingerprint density at radius 3 is 2.09 bits per heavy atom. The number of thiocarbonyl (C=S) groups is 1. The van der Waals surface area contributed by atoms with E-state index in [9.17, 15) is 9.59 Å². The van der Waals surface area contributed by atoms with Gasteiger partial charge in [-0.15, -0.1) is 0 Å². The van der Waals surface area contributed by atoms with Crippen LogP contribution in [-0.2, 0) is 9.59 Å². The Kier molecular flexibility index (Phi) is 6.28. The topological polar surface area (TPSA) is 54.3 Å². The van der Waals surface area contributed by atoms with Crippen LogP contribution < -0.4 is 10.2 Å². The molecule has 3 aromatic rings. The van der Waals surface area contributed by atoms with Crippen molar-refractivity contribution in [3.05, 3.63) is 87.7 Å². The molecular formula is C28H29N3O2S. The molecule has 0 saturated carbocycles. The van der Waals surface area contributed by atoms with Gasteiger partial charge >= 0.3 is 0 Å². The van der Waals surface area contributed by atoms with Crippen molar-refractivity contribution in [3.63, 3.8) is 0 Å². The maximum Gasteiger partial charge on any atom is 0.270 e. The van der Waals surface area contributed by atoms with Crippen LogP contribution in [0.15, 0.2) is 54.1 Å². The van der Waals surface area contributed by atoms with Crippen molar-refractivity contribution >= 4 is 40.9 Å². The Balaban J connectivity index is 1.74. The average molecular weight is 472 g/mol. The number of rotatable bonds is 4. The van der Waals surface area contributed by atoms with Gasteiger partial charge in [0.2, 0.25) is 0 Å². The van der Waals surface area contributed by atoms with E-state index in [1.165, 1.54) is 10.5 Å². The maximum atomic E-state index is 13.5. The first kappa shape index (κ1) is 23.6. The van der Waals surface area contributed by atoms with Gasteiger partial charge in [-0.1, -0.05) is 32.0 Å². The number of anilines is 1. The number of benzene rings is 2. The highest BCUT2D eigenvalue weighted by atomic mass is 32.1. The summed E-state index contributed by atoms with van der Waals surface area (Å²) in [4.78, 5) is 27.6. The van der Waals surface area contributed by atoms with Gasteiger partial charge in [0.05, 0.1) is 5.69 Å². The predicted octanol–water partition coefficient (Wildman–Crippen LogP) is 5.67. The van der Waals surface area contributed by atoms with Gasteiger partial charge in [0.25, 0.3) is 11.8 Å². The highest BCUT2D eigenvalue weighted by Crippen LogP contribution is 2.27. The van der Waals surface area contributed by atoms with E-state index in [2.05, 4.69) is 48.0 Å². The van der Waals surface area contributed by atoms with Gasteiger partial charge in [0.1, 0.15) is 5.57 Å². The molecule has 2 heterocycles. The molecule has 2 aromatic carbocycles. The molecule has 0 aliphatic carbocycles. The van der Waals surface area contributed by atoms with E-state index in [-0.39, 0.29) is 10.7 Å². The van der Waals surface area contributed by atoms with Crippen LogP contribution in [0.4, 0.5) is 5.69 Å². The number of aromatic nitrogens is 1. The fourth-order valence-electron chi connectivity index (χ4n) is 4.47. The first-order valence-corrected chi connectivity index (χ1v) is 11.8. The second kappa shape index (κ2) is 9.03. The summed E-state index contributed by atoms with van der Waals surface area (Å²) < 4.78 is 2.13. The lowest BCUT2D eigenvalue weighted by Crippen LogP contribution is -2.54. The molecule has 1 aliphatic heterocycles. The van der Waals surface area contributed by atoms with Crippen molar-refractivity contribution in [3.8, 4) is 5.69 Å². The molecule has 174 valence electrons. The van der Waals surface area contributed by atoms with Crippen molar-refractivity contribution in [1.82, 2.24) is 9.88 Å². The number of nitrogens with zero attached hydrogens (tertiary/aromatic N) is 2. The van der Waals surface area contributed by atoms with Crippen LogP contribution in [0, 0.1) is 27.7 Å². The number of hydrogen-bond acceptors (Lipinski definition) is 3. The van der Waals surface area contributed by atoms with Crippen LogP contribution in [0.3, 0.4) is 0 Å². The van der Waals surface area contributed by atoms with Crippen LogP contribution in [0.25, 0.3) is 11.8 Å². The Morgan fingerprint density at radius 2 is 1.50 bits per heavy atom. The summed E-state index contributed by atoms with van der Waals surface area (Å²) in [7, 11) is 0. The normalized spacial score (nSPS) is 15.4. The molecule has 1 fully saturated rings. The molecule has 1 saturated heterocycles. The van der Waals surface area contributed by atoms with E-state index in [4.69, 9.17) is 12.2 Å². The molecule has 0 bridgehead atoms. The quantitative estimate of drug-likeness (QED) is 0.303. The highest BCUT2D eigenvalue weighted by Gasteiger charge is 2.35. The molecule has 1 aliphatic rings. The van der Waals surface area contributed by atoms with E-state index in [1.807, 2.05) is 52.0 Å². The fraction of sp³-hybridized carbons (Fsp3) is 0.250. The minimum absolute atomic E-state index is 0.0585. The summed E-state index contributed by atoms with van der Waals surface area (Å²) in [5.74, 6) is -0.449. The average Bonchev–Trinajstić information content (AvgIpc) is 3.03. The number of aryl methyl sites for hydroxylation is 3. The smallest absolute Gasteiger partial charge is 0.270 e. The van der Waals surface area contributed by atoms with Crippen LogP contribution in [-0.4, -0.2) is 21.5 Å². The summed E-state index contributed by atoms with van der Waals surface area (Å²) in [5.41, 5.74) is 7.84. The third-order valence-corrected chi connectivity index (χ3v) is 6.44. The molecule has 4 rings (SSSR count). The Hall–Kier alpha value is -3.51. The summed E-state index contributed by atoms with van der Waals surface area (Å²) in [6.45, 7) is 12.3. The van der Waals surface area contributed by atoms with E-state index in [0.717, 1.165) is 33.8 Å². The Labute approximate surface area is 206 Å². The van der Waals surface area contributed by atoms with Crippen molar-refractivity contribution in [2.75, 3.05) is 4.90 Å². The molecule has 0 atom stereocenters. The van der Waals surface area contributed by atoms with Crippen LogP contribution in [0.2, 0.25) is 0 Å². The third-order valence-electron chi connectivity index (χ3n) is 6.15. The molecular weight excluding hydrogens is 442 g/mol. The van der Waals surface area contributed by atoms with Crippen molar-refractivity contribution in [2.24, 2.45) is 0 Å². The maximum absolute atomic E-state index is 13.5.